The predicted molar refractivity (Wildman–Crippen MR) is 72.7 cm³/mol. The minimum absolute atomic E-state index is 0.187. The molecule has 0 atom stereocenters. The molecule has 1 aliphatic rings. The summed E-state index contributed by atoms with van der Waals surface area (Å²) in [5.41, 5.74) is 2.17. The highest BCUT2D eigenvalue weighted by atomic mass is 35.5. The standard InChI is InChI=1S/C14H14ClNO2/c1-10(15)9-16-14(17)5-3-11-2-4-13-12(8-11)6-7-18-13/h2-5,8H,1,6-7,9H2,(H,16,17)/b5-3+. The third-order valence-electron chi connectivity index (χ3n) is 2.60. The van der Waals surface area contributed by atoms with Crippen LogP contribution in [0.25, 0.3) is 6.08 Å². The number of halogens is 1. The van der Waals surface area contributed by atoms with E-state index < -0.39 is 0 Å². The second-order valence-electron chi connectivity index (χ2n) is 4.03. The van der Waals surface area contributed by atoms with Crippen LogP contribution in [0.5, 0.6) is 5.75 Å². The van der Waals surface area contributed by atoms with Crippen molar-refractivity contribution < 1.29 is 9.53 Å². The van der Waals surface area contributed by atoms with Gasteiger partial charge in [-0.05, 0) is 29.3 Å². The van der Waals surface area contributed by atoms with Crippen LogP contribution in [-0.4, -0.2) is 19.1 Å². The average molecular weight is 264 g/mol. The van der Waals surface area contributed by atoms with Gasteiger partial charge in [-0.1, -0.05) is 24.2 Å². The highest BCUT2D eigenvalue weighted by Gasteiger charge is 2.10. The number of fused-ring (bicyclic) bond motifs is 1. The molecule has 0 spiro atoms. The van der Waals surface area contributed by atoms with Gasteiger partial charge in [0.1, 0.15) is 5.75 Å². The summed E-state index contributed by atoms with van der Waals surface area (Å²) >= 11 is 5.56. The van der Waals surface area contributed by atoms with E-state index in [2.05, 4.69) is 11.9 Å². The number of rotatable bonds is 4. The number of nitrogens with one attached hydrogen (secondary N) is 1. The average Bonchev–Trinajstić information content (AvgIpc) is 2.81. The van der Waals surface area contributed by atoms with Gasteiger partial charge in [0.25, 0.3) is 0 Å². The Kier molecular flexibility index (Phi) is 4.05. The molecule has 1 aliphatic heterocycles. The highest BCUT2D eigenvalue weighted by Crippen LogP contribution is 2.26. The second-order valence-corrected chi connectivity index (χ2v) is 4.57. The maximum Gasteiger partial charge on any atom is 0.244 e. The number of amides is 1. The number of carbonyl (C=O) groups is 1. The molecule has 1 aromatic rings. The molecule has 94 valence electrons. The van der Waals surface area contributed by atoms with E-state index in [1.807, 2.05) is 18.2 Å². The molecule has 0 unspecified atom stereocenters. The van der Waals surface area contributed by atoms with E-state index in [1.54, 1.807) is 6.08 Å². The van der Waals surface area contributed by atoms with Crippen LogP contribution in [0.3, 0.4) is 0 Å². The van der Waals surface area contributed by atoms with E-state index in [-0.39, 0.29) is 12.5 Å². The first-order valence-electron chi connectivity index (χ1n) is 5.70. The van der Waals surface area contributed by atoms with Crippen molar-refractivity contribution in [3.63, 3.8) is 0 Å². The lowest BCUT2D eigenvalue weighted by Crippen LogP contribution is -2.21. The normalized spacial score (nSPS) is 13.2. The Balaban J connectivity index is 1.96. The molecule has 0 aromatic heterocycles. The molecule has 3 nitrogen and oxygen atoms in total. The van der Waals surface area contributed by atoms with Crippen LogP contribution in [0.4, 0.5) is 0 Å². The van der Waals surface area contributed by atoms with Gasteiger partial charge in [0.15, 0.2) is 0 Å². The Labute approximate surface area is 111 Å². The summed E-state index contributed by atoms with van der Waals surface area (Å²) in [7, 11) is 0. The molecule has 1 heterocycles. The summed E-state index contributed by atoms with van der Waals surface area (Å²) in [4.78, 5) is 11.4. The Hall–Kier alpha value is -1.74. The van der Waals surface area contributed by atoms with Crippen molar-refractivity contribution >= 4 is 23.6 Å². The van der Waals surface area contributed by atoms with Crippen molar-refractivity contribution in [3.05, 3.63) is 47.0 Å². The van der Waals surface area contributed by atoms with Crippen LogP contribution in [-0.2, 0) is 11.2 Å². The maximum absolute atomic E-state index is 11.4. The number of carbonyl (C=O) groups excluding carboxylic acids is 1. The first kappa shape index (κ1) is 12.7. The molecule has 0 bridgehead atoms. The van der Waals surface area contributed by atoms with Crippen molar-refractivity contribution in [2.75, 3.05) is 13.2 Å². The fraction of sp³-hybridized carbons (Fsp3) is 0.214. The Morgan fingerprint density at radius 2 is 2.39 bits per heavy atom. The summed E-state index contributed by atoms with van der Waals surface area (Å²) in [5.74, 6) is 0.753. The van der Waals surface area contributed by atoms with Crippen LogP contribution in [0.1, 0.15) is 11.1 Å². The van der Waals surface area contributed by atoms with Gasteiger partial charge in [-0.2, -0.15) is 0 Å². The summed E-state index contributed by atoms with van der Waals surface area (Å²) in [6.45, 7) is 4.51. The van der Waals surface area contributed by atoms with Gasteiger partial charge in [0.2, 0.25) is 5.91 Å². The predicted octanol–water partition coefficient (Wildman–Crippen LogP) is 2.50. The molecule has 1 aromatic carbocycles. The van der Waals surface area contributed by atoms with E-state index in [0.29, 0.717) is 5.03 Å². The van der Waals surface area contributed by atoms with Gasteiger partial charge in [-0.25, -0.2) is 0 Å². The Morgan fingerprint density at radius 1 is 1.56 bits per heavy atom. The van der Waals surface area contributed by atoms with Crippen molar-refractivity contribution in [2.24, 2.45) is 0 Å². The monoisotopic (exact) mass is 263 g/mol. The molecule has 0 saturated heterocycles. The van der Waals surface area contributed by atoms with Crippen LogP contribution >= 0.6 is 11.6 Å². The summed E-state index contributed by atoms with van der Waals surface area (Å²) in [5, 5.41) is 3.03. The Morgan fingerprint density at radius 3 is 3.17 bits per heavy atom. The SMILES string of the molecule is C=C(Cl)CNC(=O)/C=C/c1ccc2c(c1)CCO2. The van der Waals surface area contributed by atoms with Crippen molar-refractivity contribution in [1.82, 2.24) is 5.32 Å². The third-order valence-corrected chi connectivity index (χ3v) is 2.73. The summed E-state index contributed by atoms with van der Waals surface area (Å²) in [6.07, 6.45) is 4.18. The second kappa shape index (κ2) is 5.74. The van der Waals surface area contributed by atoms with Crippen LogP contribution in [0.15, 0.2) is 35.9 Å². The van der Waals surface area contributed by atoms with Gasteiger partial charge < -0.3 is 10.1 Å². The van der Waals surface area contributed by atoms with Gasteiger partial charge in [0.05, 0.1) is 13.2 Å². The molecule has 1 amide bonds. The largest absolute Gasteiger partial charge is 0.493 e. The molecular weight excluding hydrogens is 250 g/mol. The quantitative estimate of drug-likeness (QED) is 0.848. The van der Waals surface area contributed by atoms with Gasteiger partial charge in [-0.15, -0.1) is 0 Å². The number of ether oxygens (including phenoxy) is 1. The first-order chi connectivity index (χ1) is 8.65. The number of benzene rings is 1. The third kappa shape index (κ3) is 3.37. The smallest absolute Gasteiger partial charge is 0.244 e. The lowest BCUT2D eigenvalue weighted by atomic mass is 10.1. The molecule has 0 saturated carbocycles. The molecule has 1 N–H and O–H groups in total. The number of hydrogen-bond donors (Lipinski definition) is 1. The van der Waals surface area contributed by atoms with E-state index in [1.165, 1.54) is 11.6 Å². The minimum Gasteiger partial charge on any atom is -0.493 e. The highest BCUT2D eigenvalue weighted by molar-refractivity contribution is 6.29. The lowest BCUT2D eigenvalue weighted by Gasteiger charge is -2.00. The van der Waals surface area contributed by atoms with Crippen LogP contribution < -0.4 is 10.1 Å². The number of hydrogen-bond acceptors (Lipinski definition) is 2. The topological polar surface area (TPSA) is 38.3 Å². The molecular formula is C14H14ClNO2. The fourth-order valence-electron chi connectivity index (χ4n) is 1.72. The van der Waals surface area contributed by atoms with E-state index in [0.717, 1.165) is 24.3 Å². The minimum atomic E-state index is -0.187. The molecule has 18 heavy (non-hydrogen) atoms. The maximum atomic E-state index is 11.4. The zero-order valence-corrected chi connectivity index (χ0v) is 10.7. The molecule has 2 rings (SSSR count). The fourth-order valence-corrected chi connectivity index (χ4v) is 1.79. The van der Waals surface area contributed by atoms with E-state index in [9.17, 15) is 4.79 Å². The van der Waals surface area contributed by atoms with Gasteiger partial charge in [-0.3, -0.25) is 4.79 Å². The zero-order valence-electron chi connectivity index (χ0n) is 9.91. The molecule has 0 fully saturated rings. The van der Waals surface area contributed by atoms with Crippen molar-refractivity contribution in [2.45, 2.75) is 6.42 Å². The van der Waals surface area contributed by atoms with Crippen molar-refractivity contribution in [3.8, 4) is 5.75 Å². The molecule has 4 heteroatoms. The summed E-state index contributed by atoms with van der Waals surface area (Å²) < 4.78 is 5.42. The first-order valence-corrected chi connectivity index (χ1v) is 6.08. The summed E-state index contributed by atoms with van der Waals surface area (Å²) in [6, 6.07) is 5.89. The van der Waals surface area contributed by atoms with Gasteiger partial charge >= 0.3 is 0 Å². The van der Waals surface area contributed by atoms with Crippen LogP contribution in [0.2, 0.25) is 0 Å². The lowest BCUT2D eigenvalue weighted by molar-refractivity contribution is -0.116. The molecule has 0 radical (unpaired) electrons. The molecule has 0 aliphatic carbocycles. The Bertz CT molecular complexity index is 509. The van der Waals surface area contributed by atoms with Crippen LogP contribution in [0, 0.1) is 0 Å². The van der Waals surface area contributed by atoms with E-state index in [4.69, 9.17) is 16.3 Å². The van der Waals surface area contributed by atoms with Gasteiger partial charge in [0, 0.05) is 17.5 Å². The van der Waals surface area contributed by atoms with E-state index >= 15 is 0 Å². The van der Waals surface area contributed by atoms with Crippen molar-refractivity contribution in [1.29, 1.82) is 0 Å². The zero-order chi connectivity index (χ0) is 13.0.